The fourth-order valence-electron chi connectivity index (χ4n) is 2.42. The number of hydrogen-bond acceptors (Lipinski definition) is 4. The second-order valence-electron chi connectivity index (χ2n) is 5.23. The van der Waals surface area contributed by atoms with E-state index in [0.717, 1.165) is 11.1 Å². The smallest absolute Gasteiger partial charge is 0.256 e. The van der Waals surface area contributed by atoms with Crippen LogP contribution < -0.4 is 0 Å². The van der Waals surface area contributed by atoms with Gasteiger partial charge in [0, 0.05) is 12.6 Å². The molecule has 0 saturated heterocycles. The number of nitrogens with zero attached hydrogens (tertiary/aromatic N) is 5. The molecule has 2 heterocycles. The molecule has 0 bridgehead atoms. The van der Waals surface area contributed by atoms with Crippen LogP contribution in [0.15, 0.2) is 60.9 Å². The topological polar surface area (TPSA) is 48.0 Å². The highest BCUT2D eigenvalue weighted by Crippen LogP contribution is 2.23. The van der Waals surface area contributed by atoms with Crippen LogP contribution in [0.5, 0.6) is 0 Å². The number of benzene rings is 2. The minimum atomic E-state index is 0.509. The van der Waals surface area contributed by atoms with Gasteiger partial charge >= 0.3 is 0 Å². The van der Waals surface area contributed by atoms with Gasteiger partial charge in [0.1, 0.15) is 6.33 Å². The molecule has 23 heavy (non-hydrogen) atoms. The minimum absolute atomic E-state index is 0.509. The third-order valence-electron chi connectivity index (χ3n) is 3.67. The summed E-state index contributed by atoms with van der Waals surface area (Å²) in [5.41, 5.74) is 3.28. The van der Waals surface area contributed by atoms with E-state index < -0.39 is 0 Å². The molecule has 112 valence electrons. The predicted octanol–water partition coefficient (Wildman–Crippen LogP) is 3.53. The summed E-state index contributed by atoms with van der Waals surface area (Å²) in [5.74, 6) is 1.13. The summed E-state index contributed by atoms with van der Waals surface area (Å²) < 4.78 is 3.88. The van der Waals surface area contributed by atoms with Crippen molar-refractivity contribution in [3.8, 4) is 22.5 Å². The maximum absolute atomic E-state index is 5.33. The van der Waals surface area contributed by atoms with Crippen molar-refractivity contribution in [1.82, 2.24) is 24.1 Å². The highest BCUT2D eigenvalue weighted by molar-refractivity contribution is 7.71. The summed E-state index contributed by atoms with van der Waals surface area (Å²) in [7, 11) is 1.84. The van der Waals surface area contributed by atoms with Crippen LogP contribution in [0.2, 0.25) is 0 Å². The Morgan fingerprint density at radius 2 is 1.52 bits per heavy atom. The maximum atomic E-state index is 5.33. The van der Waals surface area contributed by atoms with Crippen molar-refractivity contribution in [2.24, 2.45) is 7.05 Å². The molecule has 4 aromatic rings. The number of rotatable bonds is 2. The van der Waals surface area contributed by atoms with Crippen LogP contribution in [0.4, 0.5) is 0 Å². The third-order valence-corrected chi connectivity index (χ3v) is 4.13. The first kappa shape index (κ1) is 13.8. The molecule has 2 aromatic heterocycles. The molecule has 0 aliphatic carbocycles. The molecule has 0 saturated carbocycles. The molecule has 6 heteroatoms. The highest BCUT2D eigenvalue weighted by atomic mass is 32.1. The van der Waals surface area contributed by atoms with Crippen LogP contribution in [0.1, 0.15) is 0 Å². The Kier molecular flexibility index (Phi) is 3.24. The molecule has 0 N–H and O–H groups in total. The third kappa shape index (κ3) is 2.43. The Labute approximate surface area is 137 Å². The number of fused-ring (bicyclic) bond motifs is 1. The minimum Gasteiger partial charge on any atom is -0.311 e. The van der Waals surface area contributed by atoms with E-state index in [1.165, 1.54) is 5.56 Å². The lowest BCUT2D eigenvalue weighted by molar-refractivity contribution is 0.747. The average Bonchev–Trinajstić information content (AvgIpc) is 3.04. The van der Waals surface area contributed by atoms with E-state index in [0.29, 0.717) is 16.4 Å². The first-order chi connectivity index (χ1) is 11.2. The van der Waals surface area contributed by atoms with Crippen LogP contribution in [-0.4, -0.2) is 24.1 Å². The van der Waals surface area contributed by atoms with E-state index in [1.54, 1.807) is 15.4 Å². The van der Waals surface area contributed by atoms with Gasteiger partial charge < -0.3 is 4.57 Å². The molecule has 0 radical (unpaired) electrons. The van der Waals surface area contributed by atoms with Gasteiger partial charge in [0.25, 0.3) is 5.78 Å². The first-order valence-corrected chi connectivity index (χ1v) is 7.57. The van der Waals surface area contributed by atoms with E-state index in [-0.39, 0.29) is 0 Å². The molecule has 0 spiro atoms. The van der Waals surface area contributed by atoms with E-state index in [9.17, 15) is 0 Å². The molecule has 0 unspecified atom stereocenters. The first-order valence-electron chi connectivity index (χ1n) is 7.17. The van der Waals surface area contributed by atoms with Crippen LogP contribution in [0.3, 0.4) is 0 Å². The summed E-state index contributed by atoms with van der Waals surface area (Å²) in [6, 6.07) is 18.4. The monoisotopic (exact) mass is 319 g/mol. The summed E-state index contributed by atoms with van der Waals surface area (Å²) >= 11 is 5.33. The van der Waals surface area contributed by atoms with Gasteiger partial charge in [-0.15, -0.1) is 5.10 Å². The molecule has 0 amide bonds. The average molecular weight is 319 g/mol. The number of hydrogen-bond donors (Lipinski definition) is 0. The van der Waals surface area contributed by atoms with Gasteiger partial charge in [-0.25, -0.2) is 4.98 Å². The van der Waals surface area contributed by atoms with Crippen molar-refractivity contribution in [2.75, 3.05) is 0 Å². The zero-order valence-electron chi connectivity index (χ0n) is 12.4. The Morgan fingerprint density at radius 3 is 2.26 bits per heavy atom. The molecule has 5 nitrogen and oxygen atoms in total. The lowest BCUT2D eigenvalue weighted by atomic mass is 10.0. The fraction of sp³-hybridized carbons (Fsp3) is 0.0588. The zero-order valence-corrected chi connectivity index (χ0v) is 13.2. The predicted molar refractivity (Wildman–Crippen MR) is 91.5 cm³/mol. The van der Waals surface area contributed by atoms with Crippen LogP contribution in [0.25, 0.3) is 28.3 Å². The van der Waals surface area contributed by atoms with Crippen molar-refractivity contribution in [3.05, 3.63) is 65.7 Å². The van der Waals surface area contributed by atoms with Crippen molar-refractivity contribution >= 4 is 18.0 Å². The zero-order chi connectivity index (χ0) is 15.8. The largest absolute Gasteiger partial charge is 0.311 e. The Balaban J connectivity index is 1.77. The quantitative estimate of drug-likeness (QED) is 0.530. The van der Waals surface area contributed by atoms with E-state index in [4.69, 9.17) is 12.2 Å². The summed E-state index contributed by atoms with van der Waals surface area (Å²) in [5, 5.41) is 4.46. The fourth-order valence-corrected chi connectivity index (χ4v) is 2.59. The molecule has 2 aromatic carbocycles. The van der Waals surface area contributed by atoms with Crippen LogP contribution >= 0.6 is 12.2 Å². The van der Waals surface area contributed by atoms with Crippen molar-refractivity contribution < 1.29 is 0 Å². The summed E-state index contributed by atoms with van der Waals surface area (Å²) in [6.07, 6.45) is 1.65. The summed E-state index contributed by atoms with van der Waals surface area (Å²) in [4.78, 5) is 8.69. The van der Waals surface area contributed by atoms with E-state index >= 15 is 0 Å². The van der Waals surface area contributed by atoms with Gasteiger partial charge in [-0.1, -0.05) is 54.6 Å². The lowest BCUT2D eigenvalue weighted by Gasteiger charge is -2.02. The maximum Gasteiger partial charge on any atom is 0.256 e. The van der Waals surface area contributed by atoms with Gasteiger partial charge in [-0.05, 0) is 23.3 Å². The Hall–Kier alpha value is -2.86. The van der Waals surface area contributed by atoms with Crippen molar-refractivity contribution in [1.29, 1.82) is 0 Å². The van der Waals surface area contributed by atoms with E-state index in [2.05, 4.69) is 39.3 Å². The summed E-state index contributed by atoms with van der Waals surface area (Å²) in [6.45, 7) is 0. The lowest BCUT2D eigenvalue weighted by Crippen LogP contribution is -2.02. The number of aryl methyl sites for hydroxylation is 1. The second kappa shape index (κ2) is 5.40. The standard InChI is InChI=1S/C17H13N5S/c1-21-11-18-16-19-15(20-22(16)17(21)23)14-9-7-13(8-10-14)12-5-3-2-4-6-12/h2-11H,1H3. The van der Waals surface area contributed by atoms with E-state index in [1.807, 2.05) is 37.4 Å². The molecular formula is C17H13N5S. The van der Waals surface area contributed by atoms with Crippen LogP contribution in [0, 0.1) is 4.77 Å². The molecular weight excluding hydrogens is 306 g/mol. The molecule has 0 fully saturated rings. The van der Waals surface area contributed by atoms with Crippen molar-refractivity contribution in [2.45, 2.75) is 0 Å². The van der Waals surface area contributed by atoms with Gasteiger partial charge in [-0.2, -0.15) is 9.50 Å². The molecule has 0 aliphatic heterocycles. The molecule has 0 atom stereocenters. The normalized spacial score (nSPS) is 11.0. The van der Waals surface area contributed by atoms with Gasteiger partial charge in [0.2, 0.25) is 4.77 Å². The SMILES string of the molecule is Cn1cnc2nc(-c3ccc(-c4ccccc4)cc3)nn2c1=S. The second-order valence-corrected chi connectivity index (χ2v) is 5.59. The highest BCUT2D eigenvalue weighted by Gasteiger charge is 2.09. The van der Waals surface area contributed by atoms with Crippen molar-refractivity contribution in [3.63, 3.8) is 0 Å². The van der Waals surface area contributed by atoms with Gasteiger partial charge in [-0.3, -0.25) is 0 Å². The van der Waals surface area contributed by atoms with Gasteiger partial charge in [0.05, 0.1) is 0 Å². The Morgan fingerprint density at radius 1 is 0.870 bits per heavy atom. The number of aromatic nitrogens is 5. The molecule has 4 rings (SSSR count). The van der Waals surface area contributed by atoms with Gasteiger partial charge in [0.15, 0.2) is 5.82 Å². The van der Waals surface area contributed by atoms with Crippen LogP contribution in [-0.2, 0) is 7.05 Å². The Bertz CT molecular complexity index is 1030. The molecule has 0 aliphatic rings.